The third-order valence-electron chi connectivity index (χ3n) is 3.26. The Morgan fingerprint density at radius 1 is 1.21 bits per heavy atom. The summed E-state index contributed by atoms with van der Waals surface area (Å²) in [6.07, 6.45) is 0. The molecule has 0 aromatic heterocycles. The van der Waals surface area contributed by atoms with Gasteiger partial charge in [0.1, 0.15) is 5.82 Å². The van der Waals surface area contributed by atoms with Crippen molar-refractivity contribution < 1.29 is 4.39 Å². The van der Waals surface area contributed by atoms with E-state index >= 15 is 0 Å². The minimum absolute atomic E-state index is 0.147. The van der Waals surface area contributed by atoms with Crippen LogP contribution in [0.4, 0.5) is 15.8 Å². The van der Waals surface area contributed by atoms with Crippen molar-refractivity contribution in [3.05, 3.63) is 53.8 Å². The lowest BCUT2D eigenvalue weighted by Crippen LogP contribution is -2.29. The highest BCUT2D eigenvalue weighted by Crippen LogP contribution is 2.36. The summed E-state index contributed by atoms with van der Waals surface area (Å²) >= 11 is 1.82. The smallest absolute Gasteiger partial charge is 0.128 e. The van der Waals surface area contributed by atoms with E-state index in [0.717, 1.165) is 29.2 Å². The van der Waals surface area contributed by atoms with Crippen LogP contribution in [0.1, 0.15) is 5.56 Å². The van der Waals surface area contributed by atoms with Crippen LogP contribution in [0.25, 0.3) is 0 Å². The Balaban J connectivity index is 1.92. The Morgan fingerprint density at radius 3 is 2.89 bits per heavy atom. The topological polar surface area (TPSA) is 29.3 Å². The molecule has 0 fully saturated rings. The molecule has 2 aromatic rings. The fourth-order valence-corrected chi connectivity index (χ4v) is 3.32. The molecule has 0 spiro atoms. The fraction of sp³-hybridized carbons (Fsp3) is 0.200. The van der Waals surface area contributed by atoms with E-state index in [4.69, 9.17) is 5.73 Å². The van der Waals surface area contributed by atoms with Gasteiger partial charge in [-0.25, -0.2) is 4.39 Å². The van der Waals surface area contributed by atoms with Crippen LogP contribution < -0.4 is 10.6 Å². The van der Waals surface area contributed by atoms with Gasteiger partial charge >= 0.3 is 0 Å². The van der Waals surface area contributed by atoms with E-state index in [1.165, 1.54) is 11.0 Å². The van der Waals surface area contributed by atoms with Crippen molar-refractivity contribution >= 4 is 23.1 Å². The molecule has 3 rings (SSSR count). The molecule has 0 amide bonds. The van der Waals surface area contributed by atoms with E-state index in [2.05, 4.69) is 4.90 Å². The van der Waals surface area contributed by atoms with Gasteiger partial charge in [-0.05, 0) is 24.3 Å². The first-order valence-corrected chi connectivity index (χ1v) is 7.23. The summed E-state index contributed by atoms with van der Waals surface area (Å²) in [7, 11) is 0. The molecular formula is C15H15FN2S. The minimum atomic E-state index is -0.147. The van der Waals surface area contributed by atoms with Crippen molar-refractivity contribution in [2.45, 2.75) is 11.4 Å². The second kappa shape index (κ2) is 5.13. The Labute approximate surface area is 116 Å². The molecule has 0 saturated carbocycles. The SMILES string of the molecule is Nc1ccc2c(c1)N(Cc1ccccc1F)CCS2. The van der Waals surface area contributed by atoms with E-state index in [-0.39, 0.29) is 5.82 Å². The van der Waals surface area contributed by atoms with E-state index < -0.39 is 0 Å². The minimum Gasteiger partial charge on any atom is -0.399 e. The van der Waals surface area contributed by atoms with Gasteiger partial charge in [0.15, 0.2) is 0 Å². The lowest BCUT2D eigenvalue weighted by molar-refractivity contribution is 0.605. The maximum Gasteiger partial charge on any atom is 0.128 e. The summed E-state index contributed by atoms with van der Waals surface area (Å²) in [5.74, 6) is 0.872. The first-order chi connectivity index (χ1) is 9.24. The largest absolute Gasteiger partial charge is 0.399 e. The molecule has 2 aromatic carbocycles. The number of rotatable bonds is 2. The molecule has 0 atom stereocenters. The van der Waals surface area contributed by atoms with Crippen molar-refractivity contribution in [3.63, 3.8) is 0 Å². The zero-order valence-electron chi connectivity index (χ0n) is 10.5. The van der Waals surface area contributed by atoms with E-state index in [0.29, 0.717) is 6.54 Å². The van der Waals surface area contributed by atoms with Crippen LogP contribution in [0.2, 0.25) is 0 Å². The second-order valence-corrected chi connectivity index (χ2v) is 5.73. The van der Waals surface area contributed by atoms with Crippen molar-refractivity contribution in [1.29, 1.82) is 0 Å². The summed E-state index contributed by atoms with van der Waals surface area (Å²) in [5.41, 5.74) is 8.44. The number of hydrogen-bond acceptors (Lipinski definition) is 3. The van der Waals surface area contributed by atoms with E-state index in [1.807, 2.05) is 42.1 Å². The van der Waals surface area contributed by atoms with Crippen molar-refractivity contribution in [1.82, 2.24) is 0 Å². The molecule has 2 N–H and O–H groups in total. The summed E-state index contributed by atoms with van der Waals surface area (Å²) < 4.78 is 13.7. The van der Waals surface area contributed by atoms with Gasteiger partial charge in [-0.15, -0.1) is 11.8 Å². The molecule has 0 aliphatic carbocycles. The van der Waals surface area contributed by atoms with Gasteiger partial charge in [0.05, 0.1) is 5.69 Å². The standard InChI is InChI=1S/C15H15FN2S/c16-13-4-2-1-3-11(13)10-18-7-8-19-15-6-5-12(17)9-14(15)18/h1-6,9H,7-8,10,17H2. The first-order valence-electron chi connectivity index (χ1n) is 6.25. The lowest BCUT2D eigenvalue weighted by atomic mass is 10.1. The molecule has 0 saturated heterocycles. The predicted molar refractivity (Wildman–Crippen MR) is 79.0 cm³/mol. The summed E-state index contributed by atoms with van der Waals surface area (Å²) in [6.45, 7) is 1.50. The van der Waals surface area contributed by atoms with Gasteiger partial charge in [-0.1, -0.05) is 18.2 Å². The van der Waals surface area contributed by atoms with Gasteiger partial charge in [-0.2, -0.15) is 0 Å². The molecule has 19 heavy (non-hydrogen) atoms. The maximum absolute atomic E-state index is 13.7. The predicted octanol–water partition coefficient (Wildman–Crippen LogP) is 3.52. The fourth-order valence-electron chi connectivity index (χ4n) is 2.29. The van der Waals surface area contributed by atoms with Gasteiger partial charge in [0.25, 0.3) is 0 Å². The number of nitrogen functional groups attached to an aromatic ring is 1. The Bertz CT molecular complexity index is 600. The number of nitrogens with two attached hydrogens (primary N) is 1. The van der Waals surface area contributed by atoms with Gasteiger partial charge in [0.2, 0.25) is 0 Å². The normalized spacial score (nSPS) is 14.3. The first kappa shape index (κ1) is 12.4. The number of halogens is 1. The van der Waals surface area contributed by atoms with E-state index in [9.17, 15) is 4.39 Å². The number of hydrogen-bond donors (Lipinski definition) is 1. The zero-order chi connectivity index (χ0) is 13.2. The molecule has 98 valence electrons. The molecule has 4 heteroatoms. The third-order valence-corrected chi connectivity index (χ3v) is 4.30. The highest BCUT2D eigenvalue weighted by atomic mass is 32.2. The average molecular weight is 274 g/mol. The van der Waals surface area contributed by atoms with Crippen LogP contribution in [-0.4, -0.2) is 12.3 Å². The summed E-state index contributed by atoms with van der Waals surface area (Å²) in [4.78, 5) is 3.41. The number of nitrogens with zero attached hydrogens (tertiary/aromatic N) is 1. The third kappa shape index (κ3) is 2.54. The highest BCUT2D eigenvalue weighted by Gasteiger charge is 2.18. The van der Waals surface area contributed by atoms with Crippen LogP contribution in [0.3, 0.4) is 0 Å². The Kier molecular flexibility index (Phi) is 3.34. The average Bonchev–Trinajstić information content (AvgIpc) is 2.42. The quantitative estimate of drug-likeness (QED) is 0.850. The summed E-state index contributed by atoms with van der Waals surface area (Å²) in [6, 6.07) is 12.9. The monoisotopic (exact) mass is 274 g/mol. The Morgan fingerprint density at radius 2 is 2.05 bits per heavy atom. The van der Waals surface area contributed by atoms with Crippen LogP contribution in [0.15, 0.2) is 47.4 Å². The van der Waals surface area contributed by atoms with Gasteiger partial charge < -0.3 is 10.6 Å². The summed E-state index contributed by atoms with van der Waals surface area (Å²) in [5, 5.41) is 0. The lowest BCUT2D eigenvalue weighted by Gasteiger charge is -2.31. The number of fused-ring (bicyclic) bond motifs is 1. The molecule has 1 aliphatic rings. The van der Waals surface area contributed by atoms with Crippen molar-refractivity contribution in [3.8, 4) is 0 Å². The van der Waals surface area contributed by atoms with Crippen molar-refractivity contribution in [2.75, 3.05) is 22.9 Å². The molecule has 0 bridgehead atoms. The molecule has 1 heterocycles. The molecule has 0 radical (unpaired) electrons. The molecule has 0 unspecified atom stereocenters. The molecular weight excluding hydrogens is 259 g/mol. The van der Waals surface area contributed by atoms with Crippen LogP contribution in [-0.2, 0) is 6.54 Å². The molecule has 1 aliphatic heterocycles. The number of anilines is 2. The van der Waals surface area contributed by atoms with Gasteiger partial charge in [-0.3, -0.25) is 0 Å². The van der Waals surface area contributed by atoms with Crippen molar-refractivity contribution in [2.24, 2.45) is 0 Å². The number of benzene rings is 2. The van der Waals surface area contributed by atoms with E-state index in [1.54, 1.807) is 6.07 Å². The van der Waals surface area contributed by atoms with Gasteiger partial charge in [0, 0.05) is 35.0 Å². The second-order valence-electron chi connectivity index (χ2n) is 4.59. The van der Waals surface area contributed by atoms with Crippen LogP contribution in [0, 0.1) is 5.82 Å². The molecule has 2 nitrogen and oxygen atoms in total. The zero-order valence-corrected chi connectivity index (χ0v) is 11.3. The van der Waals surface area contributed by atoms with Crippen LogP contribution >= 0.6 is 11.8 Å². The van der Waals surface area contributed by atoms with Crippen LogP contribution in [0.5, 0.6) is 0 Å². The maximum atomic E-state index is 13.7. The highest BCUT2D eigenvalue weighted by molar-refractivity contribution is 7.99. The number of thioether (sulfide) groups is 1. The Hall–Kier alpha value is -1.68.